The van der Waals surface area contributed by atoms with Gasteiger partial charge in [-0.2, -0.15) is 0 Å². The molecule has 1 heterocycles. The predicted molar refractivity (Wildman–Crippen MR) is 125 cm³/mol. The topological polar surface area (TPSA) is 20.8 Å². The molecule has 0 radical (unpaired) electrons. The van der Waals surface area contributed by atoms with Crippen molar-refractivity contribution in [3.8, 4) is 10.6 Å². The molecular formula is C21H20Cl4N3S+. The van der Waals surface area contributed by atoms with Crippen LogP contribution in [0.5, 0.6) is 0 Å². The van der Waals surface area contributed by atoms with Gasteiger partial charge in [-0.15, -0.1) is 4.68 Å². The number of halogens is 4. The van der Waals surface area contributed by atoms with E-state index in [0.29, 0.717) is 26.1 Å². The molecule has 0 amide bonds. The number of benzene rings is 2. The molecule has 3 aromatic rings. The lowest BCUT2D eigenvalue weighted by atomic mass is 9.95. The predicted octanol–water partition coefficient (Wildman–Crippen LogP) is 7.20. The maximum absolute atomic E-state index is 6.34. The summed E-state index contributed by atoms with van der Waals surface area (Å²) in [6, 6.07) is 11.6. The summed E-state index contributed by atoms with van der Waals surface area (Å²) >= 11 is 26.7. The highest BCUT2D eigenvalue weighted by atomic mass is 35.5. The van der Waals surface area contributed by atoms with Gasteiger partial charge >= 0.3 is 4.80 Å². The van der Waals surface area contributed by atoms with Crippen molar-refractivity contribution in [2.24, 2.45) is 7.05 Å². The molecule has 152 valence electrons. The van der Waals surface area contributed by atoms with Crippen LogP contribution in [0, 0.1) is 0 Å². The minimum atomic E-state index is 0.376. The molecule has 1 saturated carbocycles. The van der Waals surface area contributed by atoms with E-state index in [1.807, 2.05) is 36.0 Å². The summed E-state index contributed by atoms with van der Waals surface area (Å²) in [5.74, 6) is 0. The molecule has 1 aliphatic carbocycles. The van der Waals surface area contributed by atoms with E-state index < -0.39 is 0 Å². The Balaban J connectivity index is 1.94. The lowest BCUT2D eigenvalue weighted by Crippen LogP contribution is -2.39. The summed E-state index contributed by atoms with van der Waals surface area (Å²) in [4.78, 5) is 1.03. The largest absolute Gasteiger partial charge is 0.363 e. The van der Waals surface area contributed by atoms with Gasteiger partial charge in [0.1, 0.15) is 18.8 Å². The maximum Gasteiger partial charge on any atom is 0.363 e. The van der Waals surface area contributed by atoms with Crippen molar-refractivity contribution < 1.29 is 0 Å². The first kappa shape index (κ1) is 21.2. The Labute approximate surface area is 194 Å². The van der Waals surface area contributed by atoms with E-state index in [1.165, 1.54) is 19.3 Å². The molecule has 1 aromatic heterocycles. The molecule has 0 saturated heterocycles. The van der Waals surface area contributed by atoms with Crippen LogP contribution in [0.4, 0.5) is 5.69 Å². The summed E-state index contributed by atoms with van der Waals surface area (Å²) in [7, 11) is 1.96. The van der Waals surface area contributed by atoms with E-state index in [-0.39, 0.29) is 0 Å². The third-order valence-electron chi connectivity index (χ3n) is 5.09. The summed E-state index contributed by atoms with van der Waals surface area (Å²) < 4.78 is 4.25. The summed E-state index contributed by atoms with van der Waals surface area (Å²) in [5, 5.41) is 8.07. The van der Waals surface area contributed by atoms with Gasteiger partial charge in [-0.05, 0) is 61.3 Å². The Hall–Kier alpha value is -1.04. The number of aryl methyl sites for hydroxylation is 1. The van der Waals surface area contributed by atoms with Crippen LogP contribution in [-0.4, -0.2) is 15.8 Å². The molecule has 0 N–H and O–H groups in total. The molecule has 8 heteroatoms. The van der Waals surface area contributed by atoms with E-state index in [9.17, 15) is 0 Å². The van der Waals surface area contributed by atoms with Crippen LogP contribution in [-0.2, 0) is 7.05 Å². The minimum absolute atomic E-state index is 0.376. The lowest BCUT2D eigenvalue weighted by Gasteiger charge is -2.22. The van der Waals surface area contributed by atoms with E-state index in [2.05, 4.69) is 4.58 Å². The summed E-state index contributed by atoms with van der Waals surface area (Å²) in [6.07, 6.45) is 5.96. The quantitative estimate of drug-likeness (QED) is 0.358. The highest BCUT2D eigenvalue weighted by molar-refractivity contribution is 7.12. The zero-order valence-corrected chi connectivity index (χ0v) is 19.7. The molecule has 0 bridgehead atoms. The fourth-order valence-electron chi connectivity index (χ4n) is 3.85. The Morgan fingerprint density at radius 3 is 2.00 bits per heavy atom. The second kappa shape index (κ2) is 8.99. The Kier molecular flexibility index (Phi) is 6.57. The molecule has 29 heavy (non-hydrogen) atoms. The SMILES string of the molecule is Cn1nc(-c2cc(Cl)cc(Cl)c2)sc1=[N+](c1cc(Cl)cc(Cl)c1)C1CCCCC1. The second-order valence-corrected chi connectivity index (χ2v) is 9.96. The molecule has 1 fully saturated rings. The molecule has 0 unspecified atom stereocenters. The van der Waals surface area contributed by atoms with Crippen molar-refractivity contribution in [3.63, 3.8) is 0 Å². The highest BCUT2D eigenvalue weighted by Crippen LogP contribution is 2.30. The fraction of sp³-hybridized carbons (Fsp3) is 0.333. The summed E-state index contributed by atoms with van der Waals surface area (Å²) in [5.41, 5.74) is 1.89. The molecule has 0 aliphatic heterocycles. The molecule has 0 atom stereocenters. The van der Waals surface area contributed by atoms with Gasteiger partial charge in [-0.25, -0.2) is 4.58 Å². The van der Waals surface area contributed by atoms with Crippen molar-refractivity contribution >= 4 is 63.4 Å². The van der Waals surface area contributed by atoms with Gasteiger partial charge in [0.2, 0.25) is 0 Å². The number of aromatic nitrogens is 2. The van der Waals surface area contributed by atoms with Gasteiger partial charge in [0, 0.05) is 37.8 Å². The van der Waals surface area contributed by atoms with Crippen LogP contribution in [0.25, 0.3) is 10.6 Å². The second-order valence-electron chi connectivity index (χ2n) is 7.26. The van der Waals surface area contributed by atoms with Crippen LogP contribution in [0.2, 0.25) is 20.1 Å². The first-order chi connectivity index (χ1) is 13.9. The van der Waals surface area contributed by atoms with Crippen LogP contribution in [0.15, 0.2) is 36.4 Å². The van der Waals surface area contributed by atoms with E-state index >= 15 is 0 Å². The maximum atomic E-state index is 6.34. The van der Waals surface area contributed by atoms with E-state index in [4.69, 9.17) is 51.5 Å². The Morgan fingerprint density at radius 2 is 1.41 bits per heavy atom. The first-order valence-corrected chi connectivity index (χ1v) is 11.8. The summed E-state index contributed by atoms with van der Waals surface area (Å²) in [6.45, 7) is 0. The smallest absolute Gasteiger partial charge is 0.214 e. The highest BCUT2D eigenvalue weighted by Gasteiger charge is 2.26. The average molecular weight is 488 g/mol. The van der Waals surface area contributed by atoms with E-state index in [0.717, 1.165) is 33.9 Å². The van der Waals surface area contributed by atoms with Gasteiger partial charge in [-0.1, -0.05) is 57.9 Å². The first-order valence-electron chi connectivity index (χ1n) is 9.49. The molecule has 2 aromatic carbocycles. The van der Waals surface area contributed by atoms with Gasteiger partial charge < -0.3 is 0 Å². The van der Waals surface area contributed by atoms with Crippen LogP contribution in [0.1, 0.15) is 32.1 Å². The Bertz CT molecular complexity index is 1070. The van der Waals surface area contributed by atoms with Crippen LogP contribution >= 0.6 is 57.7 Å². The van der Waals surface area contributed by atoms with Gasteiger partial charge in [0.05, 0.1) is 0 Å². The van der Waals surface area contributed by atoms with Gasteiger partial charge in [-0.3, -0.25) is 0 Å². The normalized spacial score (nSPS) is 16.2. The van der Waals surface area contributed by atoms with Gasteiger partial charge in [0.25, 0.3) is 0 Å². The molecule has 3 nitrogen and oxygen atoms in total. The third kappa shape index (κ3) is 4.83. The number of hydrogen-bond donors (Lipinski definition) is 0. The van der Waals surface area contributed by atoms with Gasteiger partial charge in [0.15, 0.2) is 5.01 Å². The molecular weight excluding hydrogens is 468 g/mol. The zero-order chi connectivity index (χ0) is 20.5. The lowest BCUT2D eigenvalue weighted by molar-refractivity contribution is 0.367. The molecule has 0 spiro atoms. The number of rotatable bonds is 3. The fourth-order valence-corrected chi connectivity index (χ4v) is 5.98. The average Bonchev–Trinajstić information content (AvgIpc) is 3.03. The standard InChI is InChI=1S/C21H20Cl4N3S/c1-27-21(29-20(26-27)13-7-14(22)9-15(23)8-13)28(18-5-3-2-4-6-18)19-11-16(24)10-17(25)12-19/h7-12,18H,2-6H2,1H3/q+1. The molecule has 1 aliphatic rings. The van der Waals surface area contributed by atoms with Crippen molar-refractivity contribution in [2.75, 3.05) is 0 Å². The number of nitrogens with zero attached hydrogens (tertiary/aromatic N) is 3. The van der Waals surface area contributed by atoms with E-state index in [1.54, 1.807) is 23.5 Å². The van der Waals surface area contributed by atoms with Crippen molar-refractivity contribution in [1.29, 1.82) is 0 Å². The van der Waals surface area contributed by atoms with Crippen molar-refractivity contribution in [2.45, 2.75) is 38.1 Å². The minimum Gasteiger partial charge on any atom is -0.214 e. The number of hydrogen-bond acceptors (Lipinski definition) is 2. The monoisotopic (exact) mass is 486 g/mol. The third-order valence-corrected chi connectivity index (χ3v) is 7.11. The zero-order valence-electron chi connectivity index (χ0n) is 15.8. The van der Waals surface area contributed by atoms with Crippen molar-refractivity contribution in [1.82, 2.24) is 14.4 Å². The van der Waals surface area contributed by atoms with Crippen LogP contribution < -0.4 is 9.38 Å². The molecule has 4 rings (SSSR count). The van der Waals surface area contributed by atoms with Crippen molar-refractivity contribution in [3.05, 3.63) is 61.3 Å². The Morgan fingerprint density at radius 1 is 0.862 bits per heavy atom. The van der Waals surface area contributed by atoms with Crippen LogP contribution in [0.3, 0.4) is 0 Å².